The molecule has 1 aromatic rings. The minimum atomic E-state index is -0.428. The molecule has 0 spiro atoms. The normalized spacial score (nSPS) is 24.4. The van der Waals surface area contributed by atoms with E-state index in [2.05, 4.69) is 10.6 Å². The molecule has 0 bridgehead atoms. The molecule has 1 fully saturated rings. The maximum Gasteiger partial charge on any atom is 0.231 e. The number of halogens is 1. The summed E-state index contributed by atoms with van der Waals surface area (Å²) >= 11 is 0. The van der Waals surface area contributed by atoms with Crippen LogP contribution >= 0.6 is 0 Å². The van der Waals surface area contributed by atoms with Crippen LogP contribution in [-0.4, -0.2) is 19.0 Å². The summed E-state index contributed by atoms with van der Waals surface area (Å²) in [6.07, 6.45) is 0.785. The molecule has 0 saturated carbocycles. The SMILES string of the molecule is CC1(C(=O)Nc2ccccc2F)CCNC1. The molecule has 1 saturated heterocycles. The van der Waals surface area contributed by atoms with Gasteiger partial charge in [-0.2, -0.15) is 0 Å². The molecule has 1 amide bonds. The molecule has 1 atom stereocenters. The van der Waals surface area contributed by atoms with E-state index in [1.807, 2.05) is 6.92 Å². The van der Waals surface area contributed by atoms with Crippen molar-refractivity contribution in [1.29, 1.82) is 0 Å². The van der Waals surface area contributed by atoms with Gasteiger partial charge in [0.15, 0.2) is 0 Å². The number of benzene rings is 1. The van der Waals surface area contributed by atoms with E-state index in [1.54, 1.807) is 18.2 Å². The fourth-order valence-corrected chi connectivity index (χ4v) is 1.85. The highest BCUT2D eigenvalue weighted by Crippen LogP contribution is 2.26. The Kier molecular flexibility index (Phi) is 2.92. The molecule has 1 aliphatic heterocycles. The zero-order valence-electron chi connectivity index (χ0n) is 9.22. The van der Waals surface area contributed by atoms with Gasteiger partial charge < -0.3 is 10.6 Å². The lowest BCUT2D eigenvalue weighted by Crippen LogP contribution is -2.35. The first-order valence-electron chi connectivity index (χ1n) is 5.38. The minimum Gasteiger partial charge on any atom is -0.323 e. The van der Waals surface area contributed by atoms with E-state index in [1.165, 1.54) is 6.07 Å². The van der Waals surface area contributed by atoms with Gasteiger partial charge in [0.25, 0.3) is 0 Å². The average molecular weight is 222 g/mol. The van der Waals surface area contributed by atoms with E-state index in [4.69, 9.17) is 0 Å². The van der Waals surface area contributed by atoms with Gasteiger partial charge in [0, 0.05) is 6.54 Å². The lowest BCUT2D eigenvalue weighted by atomic mass is 9.89. The van der Waals surface area contributed by atoms with Gasteiger partial charge in [0.2, 0.25) is 5.91 Å². The van der Waals surface area contributed by atoms with Crippen molar-refractivity contribution in [2.45, 2.75) is 13.3 Å². The van der Waals surface area contributed by atoms with E-state index in [-0.39, 0.29) is 11.6 Å². The van der Waals surface area contributed by atoms with Crippen LogP contribution in [0.25, 0.3) is 0 Å². The first-order chi connectivity index (χ1) is 7.62. The lowest BCUT2D eigenvalue weighted by Gasteiger charge is -2.21. The Bertz CT molecular complexity index is 400. The highest BCUT2D eigenvalue weighted by atomic mass is 19.1. The zero-order chi connectivity index (χ0) is 11.6. The summed E-state index contributed by atoms with van der Waals surface area (Å²) in [6.45, 7) is 3.37. The van der Waals surface area contributed by atoms with Crippen LogP contribution in [0, 0.1) is 11.2 Å². The lowest BCUT2D eigenvalue weighted by molar-refractivity contribution is -0.123. The molecule has 1 unspecified atom stereocenters. The molecular weight excluding hydrogens is 207 g/mol. The van der Waals surface area contributed by atoms with Crippen LogP contribution in [0.15, 0.2) is 24.3 Å². The van der Waals surface area contributed by atoms with Crippen LogP contribution in [-0.2, 0) is 4.79 Å². The molecule has 0 radical (unpaired) electrons. The van der Waals surface area contributed by atoms with E-state index in [0.717, 1.165) is 13.0 Å². The summed E-state index contributed by atoms with van der Waals surface area (Å²) in [5.41, 5.74) is -0.178. The second-order valence-electron chi connectivity index (χ2n) is 4.42. The number of amides is 1. The van der Waals surface area contributed by atoms with E-state index in [0.29, 0.717) is 6.54 Å². The van der Waals surface area contributed by atoms with Crippen molar-refractivity contribution < 1.29 is 9.18 Å². The van der Waals surface area contributed by atoms with Crippen molar-refractivity contribution in [3.8, 4) is 0 Å². The quantitative estimate of drug-likeness (QED) is 0.800. The summed E-state index contributed by atoms with van der Waals surface area (Å²) in [5, 5.41) is 5.78. The van der Waals surface area contributed by atoms with Crippen LogP contribution in [0.4, 0.5) is 10.1 Å². The Morgan fingerprint density at radius 3 is 2.88 bits per heavy atom. The van der Waals surface area contributed by atoms with E-state index in [9.17, 15) is 9.18 Å². The summed E-state index contributed by atoms with van der Waals surface area (Å²) < 4.78 is 13.3. The van der Waals surface area contributed by atoms with E-state index >= 15 is 0 Å². The van der Waals surface area contributed by atoms with Gasteiger partial charge in [-0.1, -0.05) is 12.1 Å². The molecule has 3 nitrogen and oxygen atoms in total. The number of anilines is 1. The smallest absolute Gasteiger partial charge is 0.231 e. The molecular formula is C12H15FN2O. The first-order valence-corrected chi connectivity index (χ1v) is 5.38. The molecule has 2 N–H and O–H groups in total. The third kappa shape index (κ3) is 2.07. The Morgan fingerprint density at radius 1 is 1.50 bits per heavy atom. The van der Waals surface area contributed by atoms with Gasteiger partial charge >= 0.3 is 0 Å². The fourth-order valence-electron chi connectivity index (χ4n) is 1.85. The first kappa shape index (κ1) is 11.1. The Hall–Kier alpha value is -1.42. The summed E-state index contributed by atoms with van der Waals surface area (Å²) in [6, 6.07) is 6.21. The Balaban J connectivity index is 2.10. The van der Waals surface area contributed by atoms with Crippen molar-refractivity contribution in [2.24, 2.45) is 5.41 Å². The third-order valence-electron chi connectivity index (χ3n) is 3.04. The predicted octanol–water partition coefficient (Wildman–Crippen LogP) is 1.76. The van der Waals surface area contributed by atoms with Gasteiger partial charge in [0.1, 0.15) is 5.82 Å². The fraction of sp³-hybridized carbons (Fsp3) is 0.417. The second-order valence-corrected chi connectivity index (χ2v) is 4.42. The predicted molar refractivity (Wildman–Crippen MR) is 60.6 cm³/mol. The monoisotopic (exact) mass is 222 g/mol. The topological polar surface area (TPSA) is 41.1 Å². The van der Waals surface area contributed by atoms with Gasteiger partial charge in [-0.05, 0) is 32.0 Å². The van der Waals surface area contributed by atoms with Crippen molar-refractivity contribution >= 4 is 11.6 Å². The Morgan fingerprint density at radius 2 is 2.25 bits per heavy atom. The van der Waals surface area contributed by atoms with E-state index < -0.39 is 11.2 Å². The number of hydrogen-bond acceptors (Lipinski definition) is 2. The molecule has 1 aliphatic rings. The highest BCUT2D eigenvalue weighted by molar-refractivity contribution is 5.95. The van der Waals surface area contributed by atoms with Gasteiger partial charge in [-0.25, -0.2) is 4.39 Å². The van der Waals surface area contributed by atoms with Crippen LogP contribution in [0.5, 0.6) is 0 Å². The second kappa shape index (κ2) is 4.22. The number of hydrogen-bond donors (Lipinski definition) is 2. The average Bonchev–Trinajstić information content (AvgIpc) is 2.70. The largest absolute Gasteiger partial charge is 0.323 e. The maximum absolute atomic E-state index is 13.3. The van der Waals surface area contributed by atoms with Crippen LogP contribution in [0.1, 0.15) is 13.3 Å². The number of rotatable bonds is 2. The van der Waals surface area contributed by atoms with Crippen LogP contribution in [0.3, 0.4) is 0 Å². The molecule has 86 valence electrons. The Labute approximate surface area is 94.0 Å². The number of nitrogens with one attached hydrogen (secondary N) is 2. The molecule has 4 heteroatoms. The van der Waals surface area contributed by atoms with Crippen molar-refractivity contribution in [1.82, 2.24) is 5.32 Å². The molecule has 0 aromatic heterocycles. The zero-order valence-corrected chi connectivity index (χ0v) is 9.22. The van der Waals surface area contributed by atoms with Gasteiger partial charge in [0.05, 0.1) is 11.1 Å². The number of carbonyl (C=O) groups is 1. The van der Waals surface area contributed by atoms with Crippen molar-refractivity contribution in [3.05, 3.63) is 30.1 Å². The standard InChI is InChI=1S/C12H15FN2O/c1-12(6-7-14-8-12)11(16)15-10-5-3-2-4-9(10)13/h2-5,14H,6-8H2,1H3,(H,15,16). The molecule has 1 aromatic carbocycles. The van der Waals surface area contributed by atoms with Crippen LogP contribution in [0.2, 0.25) is 0 Å². The number of carbonyl (C=O) groups excluding carboxylic acids is 1. The third-order valence-corrected chi connectivity index (χ3v) is 3.04. The number of para-hydroxylation sites is 1. The minimum absolute atomic E-state index is 0.123. The van der Waals surface area contributed by atoms with Gasteiger partial charge in [-0.3, -0.25) is 4.79 Å². The van der Waals surface area contributed by atoms with Crippen LogP contribution < -0.4 is 10.6 Å². The summed E-state index contributed by atoms with van der Waals surface area (Å²) in [5.74, 6) is -0.520. The van der Waals surface area contributed by atoms with Crippen molar-refractivity contribution in [2.75, 3.05) is 18.4 Å². The maximum atomic E-state index is 13.3. The summed E-state index contributed by atoms with van der Waals surface area (Å²) in [7, 11) is 0. The highest BCUT2D eigenvalue weighted by Gasteiger charge is 2.36. The molecule has 2 rings (SSSR count). The molecule has 0 aliphatic carbocycles. The van der Waals surface area contributed by atoms with Gasteiger partial charge in [-0.15, -0.1) is 0 Å². The summed E-state index contributed by atoms with van der Waals surface area (Å²) in [4.78, 5) is 12.0. The van der Waals surface area contributed by atoms with Crippen molar-refractivity contribution in [3.63, 3.8) is 0 Å². The molecule has 16 heavy (non-hydrogen) atoms. The molecule has 1 heterocycles.